The topological polar surface area (TPSA) is 72.8 Å². The van der Waals surface area contributed by atoms with Crippen molar-refractivity contribution in [3.05, 3.63) is 59.2 Å². The number of carboxylic acids is 1. The van der Waals surface area contributed by atoms with E-state index in [-0.39, 0.29) is 11.3 Å². The van der Waals surface area contributed by atoms with Crippen molar-refractivity contribution in [3.63, 3.8) is 0 Å². The molecule has 1 N–H and O–H groups in total. The lowest BCUT2D eigenvalue weighted by Gasteiger charge is -2.09. The predicted molar refractivity (Wildman–Crippen MR) is 78.8 cm³/mol. The van der Waals surface area contributed by atoms with E-state index in [0.717, 1.165) is 5.56 Å². The van der Waals surface area contributed by atoms with Crippen LogP contribution in [0, 0.1) is 0 Å². The van der Waals surface area contributed by atoms with Crippen LogP contribution in [0.15, 0.2) is 42.5 Å². The number of ketones is 1. The van der Waals surface area contributed by atoms with Crippen LogP contribution in [-0.2, 0) is 6.42 Å². The molecule has 1 heterocycles. The fraction of sp³-hybridized carbons (Fsp3) is 0.176. The molecule has 112 valence electrons. The molecule has 0 radical (unpaired) electrons. The van der Waals surface area contributed by atoms with Gasteiger partial charge in [-0.05, 0) is 35.9 Å². The van der Waals surface area contributed by atoms with Gasteiger partial charge in [0.2, 0.25) is 5.78 Å². The van der Waals surface area contributed by atoms with Gasteiger partial charge in [0.25, 0.3) is 0 Å². The molecule has 0 amide bonds. The lowest BCUT2D eigenvalue weighted by molar-refractivity contribution is 0.0696. The molecule has 5 nitrogen and oxygen atoms in total. The molecule has 0 saturated carbocycles. The van der Waals surface area contributed by atoms with Crippen LogP contribution in [0.3, 0.4) is 0 Å². The van der Waals surface area contributed by atoms with E-state index in [0.29, 0.717) is 23.5 Å². The zero-order valence-electron chi connectivity index (χ0n) is 11.9. The number of Topliss-reactive ketones (excluding diaryl/α,β-unsaturated/α-hetero) is 1. The Morgan fingerprint density at radius 1 is 1.27 bits per heavy atom. The van der Waals surface area contributed by atoms with Gasteiger partial charge >= 0.3 is 5.97 Å². The van der Waals surface area contributed by atoms with Crippen LogP contribution in [-0.4, -0.2) is 30.1 Å². The average molecular weight is 298 g/mol. The van der Waals surface area contributed by atoms with E-state index in [9.17, 15) is 9.59 Å². The lowest BCUT2D eigenvalue weighted by Crippen LogP contribution is -2.23. The molecule has 2 aromatic carbocycles. The van der Waals surface area contributed by atoms with Crippen molar-refractivity contribution in [1.29, 1.82) is 0 Å². The molecule has 2 aromatic rings. The van der Waals surface area contributed by atoms with Crippen molar-refractivity contribution < 1.29 is 24.2 Å². The molecule has 1 aliphatic rings. The Labute approximate surface area is 127 Å². The molecular weight excluding hydrogens is 284 g/mol. The molecule has 0 aliphatic carbocycles. The third-order valence-electron chi connectivity index (χ3n) is 3.61. The summed E-state index contributed by atoms with van der Waals surface area (Å²) >= 11 is 0. The van der Waals surface area contributed by atoms with Crippen molar-refractivity contribution in [2.75, 3.05) is 7.11 Å². The summed E-state index contributed by atoms with van der Waals surface area (Å²) < 4.78 is 10.8. The van der Waals surface area contributed by atoms with E-state index in [2.05, 4.69) is 0 Å². The Kier molecular flexibility index (Phi) is 3.55. The van der Waals surface area contributed by atoms with E-state index < -0.39 is 12.1 Å². The maximum absolute atomic E-state index is 12.4. The van der Waals surface area contributed by atoms with Crippen LogP contribution in [0.2, 0.25) is 0 Å². The summed E-state index contributed by atoms with van der Waals surface area (Å²) in [5, 5.41) is 9.01. The van der Waals surface area contributed by atoms with Gasteiger partial charge in [0, 0.05) is 6.42 Å². The molecule has 0 aromatic heterocycles. The minimum absolute atomic E-state index is 0.116. The minimum Gasteiger partial charge on any atom is -0.497 e. The largest absolute Gasteiger partial charge is 0.497 e. The quantitative estimate of drug-likeness (QED) is 0.939. The number of carbonyl (C=O) groups excluding carboxylic acids is 1. The number of rotatable bonds is 4. The first-order valence-corrected chi connectivity index (χ1v) is 6.79. The number of methoxy groups -OCH3 is 1. The van der Waals surface area contributed by atoms with Crippen LogP contribution in [0.1, 0.15) is 26.3 Å². The number of aromatic carboxylic acids is 1. The van der Waals surface area contributed by atoms with Crippen LogP contribution >= 0.6 is 0 Å². The van der Waals surface area contributed by atoms with E-state index >= 15 is 0 Å². The average Bonchev–Trinajstić information content (AvgIpc) is 2.83. The fourth-order valence-electron chi connectivity index (χ4n) is 2.49. The van der Waals surface area contributed by atoms with Crippen LogP contribution < -0.4 is 9.47 Å². The smallest absolute Gasteiger partial charge is 0.335 e. The number of benzene rings is 2. The third kappa shape index (κ3) is 2.53. The minimum atomic E-state index is -0.992. The van der Waals surface area contributed by atoms with E-state index in [1.54, 1.807) is 36.4 Å². The number of hydrogen-bond donors (Lipinski definition) is 1. The molecular formula is C17H14O5. The second-order valence-electron chi connectivity index (χ2n) is 5.04. The van der Waals surface area contributed by atoms with E-state index in [1.807, 2.05) is 0 Å². The number of carboxylic acid groups (broad SMARTS) is 1. The van der Waals surface area contributed by atoms with Crippen LogP contribution in [0.5, 0.6) is 11.5 Å². The summed E-state index contributed by atoms with van der Waals surface area (Å²) in [7, 11) is 1.54. The highest BCUT2D eigenvalue weighted by Crippen LogP contribution is 2.33. The molecule has 1 aliphatic heterocycles. The molecule has 0 fully saturated rings. The SMILES string of the molecule is COc1ccc2c(c1)C(=O)C(Cc1cccc(C(=O)O)c1)O2. The summed E-state index contributed by atoms with van der Waals surface area (Å²) in [5.74, 6) is 0.0255. The van der Waals surface area contributed by atoms with Gasteiger partial charge < -0.3 is 14.6 Å². The highest BCUT2D eigenvalue weighted by Gasteiger charge is 2.32. The first-order valence-electron chi connectivity index (χ1n) is 6.79. The normalized spacial score (nSPS) is 16.0. The van der Waals surface area contributed by atoms with Crippen molar-refractivity contribution in [2.45, 2.75) is 12.5 Å². The summed E-state index contributed by atoms with van der Waals surface area (Å²) in [4.78, 5) is 23.4. The summed E-state index contributed by atoms with van der Waals surface area (Å²) in [5.41, 5.74) is 1.44. The highest BCUT2D eigenvalue weighted by atomic mass is 16.5. The molecule has 0 bridgehead atoms. The van der Waals surface area contributed by atoms with Gasteiger partial charge in [0.05, 0.1) is 18.2 Å². The van der Waals surface area contributed by atoms with Gasteiger partial charge in [0.15, 0.2) is 6.10 Å². The first-order chi connectivity index (χ1) is 10.6. The second-order valence-corrected chi connectivity index (χ2v) is 5.04. The standard InChI is InChI=1S/C17H14O5/c1-21-12-5-6-14-13(9-12)16(18)15(22-14)8-10-3-2-4-11(7-10)17(19)20/h2-7,9,15H,8H2,1H3,(H,19,20). The Morgan fingerprint density at radius 3 is 2.82 bits per heavy atom. The van der Waals surface area contributed by atoms with Crippen molar-refractivity contribution >= 4 is 11.8 Å². The molecule has 1 atom stereocenters. The van der Waals surface area contributed by atoms with Crippen molar-refractivity contribution in [3.8, 4) is 11.5 Å². The first kappa shape index (κ1) is 14.1. The molecule has 0 saturated heterocycles. The molecule has 1 unspecified atom stereocenters. The van der Waals surface area contributed by atoms with E-state index in [1.165, 1.54) is 13.2 Å². The van der Waals surface area contributed by atoms with E-state index in [4.69, 9.17) is 14.6 Å². The number of ether oxygens (including phenoxy) is 2. The zero-order chi connectivity index (χ0) is 15.7. The van der Waals surface area contributed by atoms with Crippen molar-refractivity contribution in [1.82, 2.24) is 0 Å². The Hall–Kier alpha value is -2.82. The summed E-state index contributed by atoms with van der Waals surface area (Å²) in [6, 6.07) is 11.6. The number of hydrogen-bond acceptors (Lipinski definition) is 4. The van der Waals surface area contributed by atoms with Crippen molar-refractivity contribution in [2.24, 2.45) is 0 Å². The summed E-state index contributed by atoms with van der Waals surface area (Å²) in [6.07, 6.45) is -0.303. The molecule has 0 spiro atoms. The van der Waals surface area contributed by atoms with Gasteiger partial charge in [-0.1, -0.05) is 12.1 Å². The maximum Gasteiger partial charge on any atom is 0.335 e. The van der Waals surface area contributed by atoms with Gasteiger partial charge in [-0.15, -0.1) is 0 Å². The Bertz CT molecular complexity index is 750. The van der Waals surface area contributed by atoms with Crippen LogP contribution in [0.4, 0.5) is 0 Å². The highest BCUT2D eigenvalue weighted by molar-refractivity contribution is 6.05. The van der Waals surface area contributed by atoms with Gasteiger partial charge in [-0.25, -0.2) is 4.79 Å². The molecule has 3 rings (SSSR count). The Morgan fingerprint density at radius 2 is 2.09 bits per heavy atom. The van der Waals surface area contributed by atoms with Gasteiger partial charge in [-0.3, -0.25) is 4.79 Å². The predicted octanol–water partition coefficient (Wildman–Crippen LogP) is 2.58. The number of carbonyl (C=O) groups is 2. The third-order valence-corrected chi connectivity index (χ3v) is 3.61. The second kappa shape index (κ2) is 5.52. The maximum atomic E-state index is 12.4. The Balaban J connectivity index is 1.82. The molecule has 22 heavy (non-hydrogen) atoms. The number of fused-ring (bicyclic) bond motifs is 1. The molecule has 5 heteroatoms. The van der Waals surface area contributed by atoms with Gasteiger partial charge in [0.1, 0.15) is 11.5 Å². The fourth-order valence-corrected chi connectivity index (χ4v) is 2.49. The van der Waals surface area contributed by atoms with Gasteiger partial charge in [-0.2, -0.15) is 0 Å². The monoisotopic (exact) mass is 298 g/mol. The zero-order valence-corrected chi connectivity index (χ0v) is 11.9. The summed E-state index contributed by atoms with van der Waals surface area (Å²) in [6.45, 7) is 0. The lowest BCUT2D eigenvalue weighted by atomic mass is 10.0. The van der Waals surface area contributed by atoms with Crippen LogP contribution in [0.25, 0.3) is 0 Å².